The lowest BCUT2D eigenvalue weighted by Gasteiger charge is -2.35. The van der Waals surface area contributed by atoms with Crippen LogP contribution in [0.3, 0.4) is 0 Å². The van der Waals surface area contributed by atoms with E-state index in [-0.39, 0.29) is 29.8 Å². The maximum atomic E-state index is 11.8. The Balaban J connectivity index is 0.00000320. The van der Waals surface area contributed by atoms with E-state index < -0.39 is 9.84 Å². The molecule has 0 bridgehead atoms. The fourth-order valence-corrected chi connectivity index (χ4v) is 4.37. The van der Waals surface area contributed by atoms with Crippen molar-refractivity contribution >= 4 is 22.2 Å². The molecule has 1 heterocycles. The number of phenolic OH excluding ortho intramolecular Hbond substituents is 1. The number of sulfone groups is 1. The first-order valence-electron chi connectivity index (χ1n) is 10.0. The van der Waals surface area contributed by atoms with E-state index in [2.05, 4.69) is 18.7 Å². The van der Waals surface area contributed by atoms with Gasteiger partial charge in [0, 0.05) is 24.9 Å². The third-order valence-electron chi connectivity index (χ3n) is 5.60. The van der Waals surface area contributed by atoms with Crippen LogP contribution >= 0.6 is 12.4 Å². The Morgan fingerprint density at radius 3 is 2.40 bits per heavy atom. The summed E-state index contributed by atoms with van der Waals surface area (Å²) in [7, 11) is -3.19. The Bertz CT molecular complexity index is 1000. The Hall–Kier alpha value is -1.76. The van der Waals surface area contributed by atoms with E-state index in [1.807, 2.05) is 38.1 Å². The van der Waals surface area contributed by atoms with Crippen LogP contribution in [-0.4, -0.2) is 36.3 Å². The molecule has 7 heteroatoms. The highest BCUT2D eigenvalue weighted by molar-refractivity contribution is 7.90. The highest BCUT2D eigenvalue weighted by Gasteiger charge is 2.32. The van der Waals surface area contributed by atoms with Gasteiger partial charge in [0.1, 0.15) is 0 Å². The zero-order chi connectivity index (χ0) is 21.4. The fourth-order valence-electron chi connectivity index (χ4n) is 3.70. The summed E-state index contributed by atoms with van der Waals surface area (Å²) in [6.45, 7) is 9.90. The Kier molecular flexibility index (Phi) is 7.49. The summed E-state index contributed by atoms with van der Waals surface area (Å²) < 4.78 is 29.4. The van der Waals surface area contributed by atoms with Crippen LogP contribution in [0.5, 0.6) is 11.5 Å². The minimum Gasteiger partial charge on any atom is -0.504 e. The summed E-state index contributed by atoms with van der Waals surface area (Å²) in [5.41, 5.74) is 3.37. The summed E-state index contributed by atoms with van der Waals surface area (Å²) in [5.74, 6) is 0.690. The molecular weight excluding hydrogens is 422 g/mol. The van der Waals surface area contributed by atoms with Crippen molar-refractivity contribution in [1.82, 2.24) is 4.90 Å². The molecule has 166 valence electrons. The largest absolute Gasteiger partial charge is 0.504 e. The molecule has 5 nitrogen and oxygen atoms in total. The predicted octanol–water partition coefficient (Wildman–Crippen LogP) is 4.73. The number of benzene rings is 2. The van der Waals surface area contributed by atoms with Crippen molar-refractivity contribution in [1.29, 1.82) is 0 Å². The van der Waals surface area contributed by atoms with E-state index >= 15 is 0 Å². The van der Waals surface area contributed by atoms with Gasteiger partial charge in [-0.05, 0) is 81.5 Å². The van der Waals surface area contributed by atoms with E-state index in [9.17, 15) is 13.5 Å². The van der Waals surface area contributed by atoms with Gasteiger partial charge in [0.25, 0.3) is 0 Å². The average Bonchev–Trinajstić information content (AvgIpc) is 3.05. The fraction of sp³-hybridized carbons (Fsp3) is 0.478. The van der Waals surface area contributed by atoms with Crippen LogP contribution in [-0.2, 0) is 29.3 Å². The number of fused-ring (bicyclic) bond motifs is 1. The SMILES string of the molecule is CC(C)Oc1cc(CCC(C)(C)N2Cc3ccc(S(C)(=O)=O)cc3C2)ccc1O.Cl. The second-order valence-corrected chi connectivity index (χ2v) is 10.9. The number of phenols is 1. The molecule has 0 amide bonds. The lowest BCUT2D eigenvalue weighted by atomic mass is 9.93. The first-order valence-corrected chi connectivity index (χ1v) is 11.9. The number of nitrogens with zero attached hydrogens (tertiary/aromatic N) is 1. The summed E-state index contributed by atoms with van der Waals surface area (Å²) in [5, 5.41) is 9.99. The number of aromatic hydroxyl groups is 1. The van der Waals surface area contributed by atoms with Crippen LogP contribution in [0.15, 0.2) is 41.3 Å². The molecule has 2 aromatic rings. The third kappa shape index (κ3) is 5.68. The smallest absolute Gasteiger partial charge is 0.175 e. The number of halogens is 1. The summed E-state index contributed by atoms with van der Waals surface area (Å²) in [6, 6.07) is 11.0. The topological polar surface area (TPSA) is 66.8 Å². The molecule has 0 unspecified atom stereocenters. The molecule has 0 radical (unpaired) electrons. The first-order chi connectivity index (χ1) is 13.5. The van der Waals surface area contributed by atoms with Gasteiger partial charge in [0.2, 0.25) is 0 Å². The molecule has 1 aliphatic heterocycles. The molecule has 0 saturated carbocycles. The van der Waals surface area contributed by atoms with Crippen LogP contribution in [0.4, 0.5) is 0 Å². The number of rotatable bonds is 7. The van der Waals surface area contributed by atoms with Crippen LogP contribution in [0.1, 0.15) is 50.8 Å². The van der Waals surface area contributed by atoms with Crippen molar-refractivity contribution in [3.8, 4) is 11.5 Å². The van der Waals surface area contributed by atoms with Crippen LogP contribution in [0, 0.1) is 0 Å². The molecule has 2 aromatic carbocycles. The molecule has 1 N–H and O–H groups in total. The lowest BCUT2D eigenvalue weighted by Crippen LogP contribution is -2.40. The van der Waals surface area contributed by atoms with E-state index in [0.717, 1.165) is 37.1 Å². The normalized spacial score (nSPS) is 14.5. The quantitative estimate of drug-likeness (QED) is 0.656. The van der Waals surface area contributed by atoms with Gasteiger partial charge in [0.15, 0.2) is 21.3 Å². The molecule has 30 heavy (non-hydrogen) atoms. The van der Waals surface area contributed by atoms with Gasteiger partial charge in [-0.1, -0.05) is 12.1 Å². The molecule has 0 saturated heterocycles. The van der Waals surface area contributed by atoms with Gasteiger partial charge in [0.05, 0.1) is 11.0 Å². The third-order valence-corrected chi connectivity index (χ3v) is 6.71. The number of hydrogen-bond donors (Lipinski definition) is 1. The standard InChI is InChI=1S/C23H31NO4S.ClH/c1-16(2)28-22-12-17(6-9-21(22)25)10-11-23(3,4)24-14-18-7-8-20(29(5,26)27)13-19(18)15-24;/h6-9,12-13,16,25H,10-11,14-15H2,1-5H3;1H. The molecule has 3 rings (SSSR count). The van der Waals surface area contributed by atoms with Crippen molar-refractivity contribution in [2.24, 2.45) is 0 Å². The number of aryl methyl sites for hydroxylation is 1. The molecule has 0 aromatic heterocycles. The maximum absolute atomic E-state index is 11.8. The summed E-state index contributed by atoms with van der Waals surface area (Å²) in [4.78, 5) is 2.79. The number of hydrogen-bond acceptors (Lipinski definition) is 5. The lowest BCUT2D eigenvalue weighted by molar-refractivity contribution is 0.109. The van der Waals surface area contributed by atoms with Gasteiger partial charge >= 0.3 is 0 Å². The zero-order valence-corrected chi connectivity index (χ0v) is 19.9. The summed E-state index contributed by atoms with van der Waals surface area (Å²) >= 11 is 0. The Labute approximate surface area is 186 Å². The highest BCUT2D eigenvalue weighted by Crippen LogP contribution is 2.34. The van der Waals surface area contributed by atoms with Crippen molar-refractivity contribution in [3.63, 3.8) is 0 Å². The van der Waals surface area contributed by atoms with E-state index in [0.29, 0.717) is 10.6 Å². The van der Waals surface area contributed by atoms with Crippen molar-refractivity contribution in [2.75, 3.05) is 6.26 Å². The van der Waals surface area contributed by atoms with E-state index in [4.69, 9.17) is 4.74 Å². The number of ether oxygens (including phenoxy) is 1. The van der Waals surface area contributed by atoms with Crippen LogP contribution < -0.4 is 4.74 Å². The molecule has 0 atom stereocenters. The van der Waals surface area contributed by atoms with E-state index in [1.54, 1.807) is 12.1 Å². The zero-order valence-electron chi connectivity index (χ0n) is 18.3. The molecule has 1 aliphatic rings. The Morgan fingerprint density at radius 1 is 1.10 bits per heavy atom. The molecular formula is C23H32ClNO4S. The van der Waals surface area contributed by atoms with E-state index in [1.165, 1.54) is 11.8 Å². The van der Waals surface area contributed by atoms with Gasteiger partial charge in [-0.15, -0.1) is 12.4 Å². The maximum Gasteiger partial charge on any atom is 0.175 e. The molecule has 0 spiro atoms. The van der Waals surface area contributed by atoms with Gasteiger partial charge in [-0.25, -0.2) is 8.42 Å². The first kappa shape index (κ1) is 24.5. The Morgan fingerprint density at radius 2 is 1.77 bits per heavy atom. The highest BCUT2D eigenvalue weighted by atomic mass is 35.5. The minimum absolute atomic E-state index is 0. The second kappa shape index (κ2) is 9.16. The van der Waals surface area contributed by atoms with Gasteiger partial charge in [-0.2, -0.15) is 0 Å². The summed E-state index contributed by atoms with van der Waals surface area (Å²) in [6.07, 6.45) is 3.06. The second-order valence-electron chi connectivity index (χ2n) is 8.84. The molecule has 0 fully saturated rings. The van der Waals surface area contributed by atoms with Crippen molar-refractivity contribution in [3.05, 3.63) is 53.1 Å². The average molecular weight is 454 g/mol. The van der Waals surface area contributed by atoms with Crippen molar-refractivity contribution in [2.45, 2.75) is 70.2 Å². The monoisotopic (exact) mass is 453 g/mol. The van der Waals surface area contributed by atoms with Gasteiger partial charge in [-0.3, -0.25) is 4.90 Å². The van der Waals surface area contributed by atoms with Crippen LogP contribution in [0.2, 0.25) is 0 Å². The predicted molar refractivity (Wildman–Crippen MR) is 122 cm³/mol. The van der Waals surface area contributed by atoms with Crippen molar-refractivity contribution < 1.29 is 18.3 Å². The van der Waals surface area contributed by atoms with Gasteiger partial charge < -0.3 is 9.84 Å². The van der Waals surface area contributed by atoms with Crippen LogP contribution in [0.25, 0.3) is 0 Å². The minimum atomic E-state index is -3.19. The molecule has 0 aliphatic carbocycles.